The molecule has 232 valence electrons. The van der Waals surface area contributed by atoms with E-state index in [0.29, 0.717) is 6.42 Å². The first-order valence-corrected chi connectivity index (χ1v) is 16.2. The summed E-state index contributed by atoms with van der Waals surface area (Å²) in [4.78, 5) is 11.9. The van der Waals surface area contributed by atoms with Gasteiger partial charge in [0.1, 0.15) is 37.1 Å². The second-order valence-electron chi connectivity index (χ2n) is 10.6. The molecule has 0 spiro atoms. The first-order chi connectivity index (χ1) is 18.5. The van der Waals surface area contributed by atoms with Gasteiger partial charge in [-0.15, -0.1) is 0 Å². The van der Waals surface area contributed by atoms with Crippen LogP contribution in [0.4, 0.5) is 0 Å². The van der Waals surface area contributed by atoms with E-state index in [1.807, 2.05) is 0 Å². The number of aliphatic hydroxyl groups excluding tert-OH is 4. The van der Waals surface area contributed by atoms with Crippen molar-refractivity contribution >= 4 is 16.1 Å². The Labute approximate surface area is 262 Å². The molecule has 0 saturated carbocycles. The third kappa shape index (κ3) is 19.4. The Morgan fingerprint density at radius 1 is 0.800 bits per heavy atom. The molecule has 0 aromatic rings. The van der Waals surface area contributed by atoms with Crippen LogP contribution in [0.15, 0.2) is 0 Å². The van der Waals surface area contributed by atoms with Crippen LogP contribution in [-0.2, 0) is 29.1 Å². The van der Waals surface area contributed by atoms with E-state index in [0.717, 1.165) is 19.3 Å². The van der Waals surface area contributed by atoms with E-state index in [1.165, 1.54) is 70.6 Å². The fourth-order valence-corrected chi connectivity index (χ4v) is 5.23. The van der Waals surface area contributed by atoms with Crippen molar-refractivity contribution in [3.63, 3.8) is 0 Å². The van der Waals surface area contributed by atoms with Crippen LogP contribution in [0.5, 0.6) is 0 Å². The average Bonchev–Trinajstić information content (AvgIpc) is 2.88. The van der Waals surface area contributed by atoms with Crippen molar-refractivity contribution in [3.05, 3.63) is 0 Å². The molecule has 40 heavy (non-hydrogen) atoms. The molecule has 1 fully saturated rings. The number of carbonyl (C=O) groups is 1. The molecule has 1 unspecified atom stereocenters. The van der Waals surface area contributed by atoms with Crippen molar-refractivity contribution in [2.75, 3.05) is 19.0 Å². The molecule has 0 amide bonds. The van der Waals surface area contributed by atoms with Crippen LogP contribution in [0.3, 0.4) is 0 Å². The summed E-state index contributed by atoms with van der Waals surface area (Å²) in [6, 6.07) is 0. The van der Waals surface area contributed by atoms with Crippen LogP contribution in [0.1, 0.15) is 110 Å². The fourth-order valence-electron chi connectivity index (χ4n) is 4.55. The number of hydrogen-bond acceptors (Lipinski definition) is 11. The van der Waals surface area contributed by atoms with E-state index >= 15 is 0 Å². The Bertz CT molecular complexity index is 740. The number of ether oxygens (including phenoxy) is 3. The molecule has 1 aliphatic heterocycles. The van der Waals surface area contributed by atoms with E-state index in [2.05, 4.69) is 6.92 Å². The molecule has 0 bridgehead atoms. The fraction of sp³-hybridized carbons (Fsp3) is 0.963. The van der Waals surface area contributed by atoms with Gasteiger partial charge in [0, 0.05) is 6.42 Å². The minimum absolute atomic E-state index is 0. The minimum atomic E-state index is -4.78. The molecule has 0 aromatic carbocycles. The molecule has 1 saturated heterocycles. The second kappa shape index (κ2) is 23.6. The Kier molecular flexibility index (Phi) is 23.7. The molecule has 6 atom stereocenters. The number of carbonyl (C=O) groups excluding carboxylic acids is 1. The standard InChI is InChI=1S/C27H52O11S.Na/c1-2-3-4-5-6-7-8-9-10-11-12-13-14-15-16-17-23(29)36-18-21(28)19-37-27-26(32)25(31)24(30)22(38-27)20-39(33,34)35;/h21-22,24-28,30-32H,2-20H2,1H3,(H,33,34,35);/q;+1/p-1/t21?,22-,24+,25+,26-,27+;/m1./s1. The van der Waals surface area contributed by atoms with Gasteiger partial charge in [0.2, 0.25) is 0 Å². The first-order valence-electron chi connectivity index (χ1n) is 14.6. The van der Waals surface area contributed by atoms with Gasteiger partial charge in [-0.05, 0) is 6.42 Å². The van der Waals surface area contributed by atoms with Crippen molar-refractivity contribution in [1.82, 2.24) is 0 Å². The zero-order valence-corrected chi connectivity index (χ0v) is 27.3. The van der Waals surface area contributed by atoms with Gasteiger partial charge in [0.15, 0.2) is 6.29 Å². The van der Waals surface area contributed by atoms with Gasteiger partial charge >= 0.3 is 35.5 Å². The first kappa shape index (κ1) is 40.1. The summed E-state index contributed by atoms with van der Waals surface area (Å²) in [7, 11) is -4.78. The zero-order valence-electron chi connectivity index (χ0n) is 24.5. The quantitative estimate of drug-likeness (QED) is 0.0510. The zero-order chi connectivity index (χ0) is 29.1. The summed E-state index contributed by atoms with van der Waals surface area (Å²) in [5, 5.41) is 39.6. The maximum absolute atomic E-state index is 11.9. The molecule has 13 heteroatoms. The van der Waals surface area contributed by atoms with Crippen molar-refractivity contribution in [1.29, 1.82) is 0 Å². The maximum atomic E-state index is 11.9. The van der Waals surface area contributed by atoms with Gasteiger partial charge in [0.05, 0.1) is 22.5 Å². The Morgan fingerprint density at radius 3 is 1.75 bits per heavy atom. The van der Waals surface area contributed by atoms with Gasteiger partial charge in [-0.1, -0.05) is 96.8 Å². The Hall–Kier alpha value is 0.140. The predicted molar refractivity (Wildman–Crippen MR) is 144 cm³/mol. The van der Waals surface area contributed by atoms with E-state index in [9.17, 15) is 38.2 Å². The number of unbranched alkanes of at least 4 members (excludes halogenated alkanes) is 14. The summed E-state index contributed by atoms with van der Waals surface area (Å²) < 4.78 is 48.2. The maximum Gasteiger partial charge on any atom is 1.00 e. The van der Waals surface area contributed by atoms with Gasteiger partial charge < -0.3 is 39.2 Å². The van der Waals surface area contributed by atoms with Crippen LogP contribution in [0.25, 0.3) is 0 Å². The SMILES string of the molecule is CCCCCCCCCCCCCCCCCC(=O)OCC(O)CO[C@H]1O[C@H](CS(=O)(=O)[O-])[C@H](O)[C@H](O)[C@H]1O.[Na+]. The van der Waals surface area contributed by atoms with Gasteiger partial charge in [-0.2, -0.15) is 0 Å². The van der Waals surface area contributed by atoms with Crippen LogP contribution < -0.4 is 29.6 Å². The number of esters is 1. The molecule has 1 heterocycles. The molecular formula is C27H51NaO11S. The number of rotatable bonds is 23. The smallest absolute Gasteiger partial charge is 0.748 e. The third-order valence-corrected chi connectivity index (χ3v) is 7.65. The normalized spacial score (nSPS) is 23.9. The van der Waals surface area contributed by atoms with Crippen molar-refractivity contribution in [3.8, 4) is 0 Å². The second-order valence-corrected chi connectivity index (χ2v) is 12.1. The Morgan fingerprint density at radius 2 is 1.27 bits per heavy atom. The van der Waals surface area contributed by atoms with Crippen LogP contribution in [-0.4, -0.2) is 95.1 Å². The van der Waals surface area contributed by atoms with E-state index < -0.39 is 65.3 Å². The molecule has 11 nitrogen and oxygen atoms in total. The van der Waals surface area contributed by atoms with Crippen LogP contribution >= 0.6 is 0 Å². The topological polar surface area (TPSA) is 183 Å². The van der Waals surface area contributed by atoms with Gasteiger partial charge in [0.25, 0.3) is 0 Å². The monoisotopic (exact) mass is 606 g/mol. The molecule has 1 rings (SSSR count). The molecule has 4 N–H and O–H groups in total. The van der Waals surface area contributed by atoms with Crippen molar-refractivity contribution in [2.24, 2.45) is 0 Å². The average molecular weight is 607 g/mol. The van der Waals surface area contributed by atoms with E-state index in [4.69, 9.17) is 14.2 Å². The van der Waals surface area contributed by atoms with Gasteiger partial charge in [-0.25, -0.2) is 8.42 Å². The van der Waals surface area contributed by atoms with E-state index in [1.54, 1.807) is 0 Å². The summed E-state index contributed by atoms with van der Waals surface area (Å²) >= 11 is 0. The van der Waals surface area contributed by atoms with E-state index in [-0.39, 0.29) is 42.6 Å². The summed E-state index contributed by atoms with van der Waals surface area (Å²) in [6.45, 7) is 1.42. The molecule has 1 aliphatic rings. The molecule has 0 aliphatic carbocycles. The van der Waals surface area contributed by atoms with Crippen LogP contribution in [0.2, 0.25) is 0 Å². The Balaban J connectivity index is 0.0000152. The van der Waals surface area contributed by atoms with Crippen molar-refractivity contribution in [2.45, 2.75) is 146 Å². The summed E-state index contributed by atoms with van der Waals surface area (Å²) in [5.74, 6) is -1.57. The molecular weight excluding hydrogens is 555 g/mol. The number of hydrogen-bond donors (Lipinski definition) is 4. The largest absolute Gasteiger partial charge is 1.00 e. The summed E-state index contributed by atoms with van der Waals surface area (Å²) in [5.41, 5.74) is 0. The van der Waals surface area contributed by atoms with Gasteiger partial charge in [-0.3, -0.25) is 4.79 Å². The minimum Gasteiger partial charge on any atom is -0.748 e. The molecule has 0 aromatic heterocycles. The number of aliphatic hydroxyl groups is 4. The summed E-state index contributed by atoms with van der Waals surface area (Å²) in [6.07, 6.45) is 8.82. The third-order valence-electron chi connectivity index (χ3n) is 6.91. The molecule has 0 radical (unpaired) electrons. The predicted octanol–water partition coefficient (Wildman–Crippen LogP) is -0.475. The van der Waals surface area contributed by atoms with Crippen molar-refractivity contribution < 1.29 is 82.0 Å². The van der Waals surface area contributed by atoms with Crippen LogP contribution in [0, 0.1) is 0 Å².